The molecule has 0 aliphatic carbocycles. The number of nitrogens with zero attached hydrogens (tertiary/aromatic N) is 3. The largest absolute Gasteiger partial charge is 0.478 e. The molecule has 12 nitrogen and oxygen atoms in total. The van der Waals surface area contributed by atoms with Gasteiger partial charge in [-0.25, -0.2) is 14.6 Å². The lowest BCUT2D eigenvalue weighted by atomic mass is 10.0. The van der Waals surface area contributed by atoms with Crippen LogP contribution >= 0.6 is 0 Å². The van der Waals surface area contributed by atoms with E-state index in [0.29, 0.717) is 28.2 Å². The smallest absolute Gasteiger partial charge is 0.335 e. The summed E-state index contributed by atoms with van der Waals surface area (Å²) in [5, 5.41) is 17.0. The molecule has 0 aromatic heterocycles. The molecule has 0 bridgehead atoms. The van der Waals surface area contributed by atoms with E-state index in [9.17, 15) is 19.5 Å². The van der Waals surface area contributed by atoms with Crippen LogP contribution in [-0.4, -0.2) is 53.9 Å². The Balaban J connectivity index is 0.00000301. The highest BCUT2D eigenvalue weighted by Crippen LogP contribution is 2.26. The minimum atomic E-state index is -1.14. The zero-order valence-corrected chi connectivity index (χ0v) is 24.0. The van der Waals surface area contributed by atoms with Gasteiger partial charge >= 0.3 is 12.0 Å². The van der Waals surface area contributed by atoms with Crippen LogP contribution in [0.2, 0.25) is 0 Å². The normalized spacial score (nSPS) is 11.2. The summed E-state index contributed by atoms with van der Waals surface area (Å²) >= 11 is 0. The van der Waals surface area contributed by atoms with Crippen LogP contribution in [0.1, 0.15) is 29.8 Å². The fourth-order valence-corrected chi connectivity index (χ4v) is 3.56. The maximum absolute atomic E-state index is 12.4. The van der Waals surface area contributed by atoms with Gasteiger partial charge in [-0.15, -0.1) is 0 Å². The van der Waals surface area contributed by atoms with E-state index in [2.05, 4.69) is 32.5 Å². The standard InChI is InChI=1S/C28H30N8O4.C2H6/c1-4-24(37)31-23-14-19(13-20(15-23)25(38)39)18-7-11-22(12-8-18)33-28(40)35-27(30)34-26(29)32-21-9-5-17(6-10-21)16-36(2)3;1-2/h4-15H,1,16H2,2-3H3,(H,31,37)(H,38,39)(H6,29,30,32,33,34,35,40);1-2H3. The summed E-state index contributed by atoms with van der Waals surface area (Å²) in [6.45, 7) is 8.18. The Kier molecular flexibility index (Phi) is 12.4. The number of carbonyl (C=O) groups is 3. The Morgan fingerprint density at radius 1 is 0.905 bits per heavy atom. The number of carboxylic acid groups (broad SMARTS) is 1. The molecule has 3 rings (SSSR count). The van der Waals surface area contributed by atoms with E-state index < -0.39 is 17.9 Å². The van der Waals surface area contributed by atoms with Gasteiger partial charge in [0.15, 0.2) is 0 Å². The number of carboxylic acids is 1. The number of nitrogens with one attached hydrogen (secondary N) is 3. The topological polar surface area (TPSA) is 188 Å². The average molecular weight is 573 g/mol. The van der Waals surface area contributed by atoms with Gasteiger partial charge in [0.25, 0.3) is 0 Å². The number of aliphatic imine (C=N–C) groups is 2. The van der Waals surface area contributed by atoms with Gasteiger partial charge in [0, 0.05) is 17.9 Å². The Labute approximate surface area is 244 Å². The van der Waals surface area contributed by atoms with Crippen LogP contribution in [0, 0.1) is 0 Å². The number of anilines is 2. The zero-order valence-electron chi connectivity index (χ0n) is 24.0. The summed E-state index contributed by atoms with van der Waals surface area (Å²) in [6.07, 6.45) is 1.09. The molecule has 42 heavy (non-hydrogen) atoms. The highest BCUT2D eigenvalue weighted by atomic mass is 16.4. The number of urea groups is 1. The molecule has 12 heteroatoms. The fourth-order valence-electron chi connectivity index (χ4n) is 3.56. The summed E-state index contributed by atoms with van der Waals surface area (Å²) in [5.41, 5.74) is 15.3. The number of carbonyl (C=O) groups excluding carboxylic acids is 2. The minimum Gasteiger partial charge on any atom is -0.478 e. The molecule has 0 saturated heterocycles. The van der Waals surface area contributed by atoms with Crippen molar-refractivity contribution in [1.82, 2.24) is 10.2 Å². The quantitative estimate of drug-likeness (QED) is 0.131. The Morgan fingerprint density at radius 2 is 1.55 bits per heavy atom. The number of hydrogen-bond acceptors (Lipinski definition) is 5. The van der Waals surface area contributed by atoms with Crippen molar-refractivity contribution in [2.75, 3.05) is 24.7 Å². The number of hydrogen-bond donors (Lipinski definition) is 6. The maximum atomic E-state index is 12.4. The summed E-state index contributed by atoms with van der Waals surface area (Å²) < 4.78 is 0. The third-order valence-electron chi connectivity index (χ3n) is 5.26. The predicted molar refractivity (Wildman–Crippen MR) is 168 cm³/mol. The second-order valence-electron chi connectivity index (χ2n) is 8.83. The monoisotopic (exact) mass is 572 g/mol. The molecule has 0 atom stereocenters. The third-order valence-corrected chi connectivity index (χ3v) is 5.26. The highest BCUT2D eigenvalue weighted by molar-refractivity contribution is 6.05. The number of benzene rings is 3. The van der Waals surface area contributed by atoms with Gasteiger partial charge in [-0.05, 0) is 79.3 Å². The van der Waals surface area contributed by atoms with Crippen molar-refractivity contribution in [2.24, 2.45) is 21.5 Å². The van der Waals surface area contributed by atoms with E-state index in [1.54, 1.807) is 42.5 Å². The lowest BCUT2D eigenvalue weighted by Crippen LogP contribution is -2.40. The molecule has 0 radical (unpaired) electrons. The van der Waals surface area contributed by atoms with Gasteiger partial charge in [-0.3, -0.25) is 10.1 Å². The molecule has 0 aliphatic rings. The molecular formula is C30H36N8O4. The molecule has 3 aromatic carbocycles. The number of nitrogens with two attached hydrogens (primary N) is 2. The van der Waals surface area contributed by atoms with Gasteiger partial charge in [-0.1, -0.05) is 44.7 Å². The van der Waals surface area contributed by atoms with Crippen LogP contribution in [0.25, 0.3) is 11.1 Å². The van der Waals surface area contributed by atoms with E-state index in [0.717, 1.165) is 18.2 Å². The van der Waals surface area contributed by atoms with Crippen LogP contribution < -0.4 is 27.4 Å². The van der Waals surface area contributed by atoms with Crippen LogP contribution in [0.5, 0.6) is 0 Å². The first-order chi connectivity index (χ1) is 20.0. The first kappa shape index (κ1) is 32.7. The van der Waals surface area contributed by atoms with Crippen LogP contribution in [0.4, 0.5) is 21.9 Å². The van der Waals surface area contributed by atoms with E-state index in [-0.39, 0.29) is 17.5 Å². The molecule has 0 spiro atoms. The summed E-state index contributed by atoms with van der Waals surface area (Å²) in [4.78, 5) is 45.7. The number of rotatable bonds is 8. The van der Waals surface area contributed by atoms with Crippen molar-refractivity contribution in [3.8, 4) is 11.1 Å². The van der Waals surface area contributed by atoms with Gasteiger partial charge in [0.1, 0.15) is 0 Å². The molecule has 3 amide bonds. The summed E-state index contributed by atoms with van der Waals surface area (Å²) in [5.74, 6) is -1.99. The SMILES string of the molecule is C=CC(=O)Nc1cc(C(=O)O)cc(-c2ccc(NC(=O)N/C(N)=N\C(N)=Nc3ccc(CN(C)C)cc3)cc2)c1.CC. The van der Waals surface area contributed by atoms with Crippen molar-refractivity contribution in [3.63, 3.8) is 0 Å². The highest BCUT2D eigenvalue weighted by Gasteiger charge is 2.11. The Bertz CT molecular complexity index is 1460. The molecular weight excluding hydrogens is 536 g/mol. The van der Waals surface area contributed by atoms with Crippen molar-refractivity contribution in [1.29, 1.82) is 0 Å². The fraction of sp³-hybridized carbons (Fsp3) is 0.167. The molecule has 0 unspecified atom stereocenters. The van der Waals surface area contributed by atoms with Crippen molar-refractivity contribution in [3.05, 3.63) is 90.5 Å². The Morgan fingerprint density at radius 3 is 2.12 bits per heavy atom. The van der Waals surface area contributed by atoms with Crippen LogP contribution in [0.15, 0.2) is 89.4 Å². The lowest BCUT2D eigenvalue weighted by Gasteiger charge is -2.10. The van der Waals surface area contributed by atoms with Gasteiger partial charge < -0.3 is 32.1 Å². The van der Waals surface area contributed by atoms with Crippen LogP contribution in [-0.2, 0) is 11.3 Å². The van der Waals surface area contributed by atoms with Crippen LogP contribution in [0.3, 0.4) is 0 Å². The minimum absolute atomic E-state index is 0.00245. The van der Waals surface area contributed by atoms with E-state index in [4.69, 9.17) is 11.5 Å². The Hall–Kier alpha value is -5.49. The van der Waals surface area contributed by atoms with E-state index in [1.807, 2.05) is 45.0 Å². The van der Waals surface area contributed by atoms with Gasteiger partial charge in [0.05, 0.1) is 11.3 Å². The van der Waals surface area contributed by atoms with E-state index >= 15 is 0 Å². The van der Waals surface area contributed by atoms with Crippen molar-refractivity contribution >= 4 is 46.9 Å². The molecule has 0 saturated carbocycles. The van der Waals surface area contributed by atoms with Crippen molar-refractivity contribution in [2.45, 2.75) is 20.4 Å². The first-order valence-electron chi connectivity index (χ1n) is 12.9. The second kappa shape index (κ2) is 15.9. The average Bonchev–Trinajstić information content (AvgIpc) is 2.94. The third kappa shape index (κ3) is 10.6. The molecule has 0 aliphatic heterocycles. The predicted octanol–water partition coefficient (Wildman–Crippen LogP) is 4.35. The van der Waals surface area contributed by atoms with Gasteiger partial charge in [-0.2, -0.15) is 4.99 Å². The molecule has 220 valence electrons. The number of amides is 3. The number of guanidine groups is 2. The molecule has 0 heterocycles. The maximum Gasteiger partial charge on any atom is 0.335 e. The molecule has 8 N–H and O–H groups in total. The lowest BCUT2D eigenvalue weighted by molar-refractivity contribution is -0.111. The molecule has 0 fully saturated rings. The number of aromatic carboxylic acids is 1. The van der Waals surface area contributed by atoms with Gasteiger partial charge in [0.2, 0.25) is 17.8 Å². The zero-order chi connectivity index (χ0) is 31.2. The van der Waals surface area contributed by atoms with Crippen molar-refractivity contribution < 1.29 is 19.5 Å². The summed E-state index contributed by atoms with van der Waals surface area (Å²) in [7, 11) is 3.96. The van der Waals surface area contributed by atoms with E-state index in [1.165, 1.54) is 12.1 Å². The second-order valence-corrected chi connectivity index (χ2v) is 8.83. The summed E-state index contributed by atoms with van der Waals surface area (Å²) in [6, 6.07) is 17.9. The first-order valence-corrected chi connectivity index (χ1v) is 12.9. The molecule has 3 aromatic rings.